The van der Waals surface area contributed by atoms with Crippen molar-refractivity contribution >= 4 is 17.6 Å². The van der Waals surface area contributed by atoms with Gasteiger partial charge in [-0.15, -0.1) is 0 Å². The smallest absolute Gasteiger partial charge is 0.343 e. The number of carbonyl (C=O) groups excluding carboxylic acids is 2. The number of anilines is 1. The Morgan fingerprint density at radius 1 is 0.931 bits per heavy atom. The Bertz CT molecular complexity index is 1130. The summed E-state index contributed by atoms with van der Waals surface area (Å²) in [7, 11) is 0. The predicted octanol–water partition coefficient (Wildman–Crippen LogP) is 3.13. The number of rotatable bonds is 5. The molecule has 4 rings (SSSR count). The van der Waals surface area contributed by atoms with E-state index in [1.165, 1.54) is 23.5 Å². The normalized spacial score (nSPS) is 10.3. The van der Waals surface area contributed by atoms with Crippen molar-refractivity contribution in [2.75, 3.05) is 5.32 Å². The molecular weight excluding hydrogens is 370 g/mol. The SMILES string of the molecule is O=C(Nc1ccc(OC(=O)c2ccnc(-n3cncn3)c2)cc1)c1ccccc1. The van der Waals surface area contributed by atoms with Gasteiger partial charge in [-0.3, -0.25) is 4.79 Å². The van der Waals surface area contributed by atoms with Crippen molar-refractivity contribution in [3.63, 3.8) is 0 Å². The minimum absolute atomic E-state index is 0.215. The standard InChI is InChI=1S/C21H15N5O3/c27-20(15-4-2-1-3-5-15)25-17-6-8-18(9-7-17)29-21(28)16-10-11-23-19(12-16)26-14-22-13-24-26/h1-14H,(H,25,27). The molecule has 142 valence electrons. The van der Waals surface area contributed by atoms with E-state index in [4.69, 9.17) is 4.74 Å². The molecule has 0 aliphatic carbocycles. The molecule has 0 atom stereocenters. The lowest BCUT2D eigenvalue weighted by atomic mass is 10.2. The van der Waals surface area contributed by atoms with Gasteiger partial charge in [-0.05, 0) is 48.5 Å². The number of amides is 1. The maximum atomic E-state index is 12.4. The zero-order valence-electron chi connectivity index (χ0n) is 15.1. The van der Waals surface area contributed by atoms with Crippen molar-refractivity contribution in [1.82, 2.24) is 19.7 Å². The van der Waals surface area contributed by atoms with Gasteiger partial charge in [0.05, 0.1) is 5.56 Å². The lowest BCUT2D eigenvalue weighted by Crippen LogP contribution is -2.12. The molecular formula is C21H15N5O3. The number of aromatic nitrogens is 4. The Labute approximate surface area is 165 Å². The van der Waals surface area contributed by atoms with E-state index in [1.54, 1.807) is 60.7 Å². The van der Waals surface area contributed by atoms with Crippen molar-refractivity contribution in [3.05, 3.63) is 96.7 Å². The van der Waals surface area contributed by atoms with Gasteiger partial charge in [0.15, 0.2) is 5.82 Å². The number of nitrogens with zero attached hydrogens (tertiary/aromatic N) is 4. The number of hydrogen-bond donors (Lipinski definition) is 1. The molecule has 0 saturated heterocycles. The first-order chi connectivity index (χ1) is 14.2. The third-order valence-electron chi connectivity index (χ3n) is 3.99. The summed E-state index contributed by atoms with van der Waals surface area (Å²) in [6, 6.07) is 18.6. The fourth-order valence-electron chi connectivity index (χ4n) is 2.56. The molecule has 0 spiro atoms. The van der Waals surface area contributed by atoms with Crippen LogP contribution in [0.5, 0.6) is 5.75 Å². The largest absolute Gasteiger partial charge is 0.423 e. The number of hydrogen-bond acceptors (Lipinski definition) is 6. The average Bonchev–Trinajstić information content (AvgIpc) is 3.31. The summed E-state index contributed by atoms with van der Waals surface area (Å²) in [4.78, 5) is 32.6. The van der Waals surface area contributed by atoms with Crippen molar-refractivity contribution in [2.24, 2.45) is 0 Å². The van der Waals surface area contributed by atoms with E-state index in [9.17, 15) is 9.59 Å². The molecule has 1 amide bonds. The second-order valence-corrected chi connectivity index (χ2v) is 5.98. The summed E-state index contributed by atoms with van der Waals surface area (Å²) in [5.41, 5.74) is 1.48. The molecule has 1 N–H and O–H groups in total. The second kappa shape index (κ2) is 8.13. The highest BCUT2D eigenvalue weighted by atomic mass is 16.5. The van der Waals surface area contributed by atoms with Crippen LogP contribution in [0.3, 0.4) is 0 Å². The zero-order valence-corrected chi connectivity index (χ0v) is 15.1. The predicted molar refractivity (Wildman–Crippen MR) is 105 cm³/mol. The van der Waals surface area contributed by atoms with Gasteiger partial charge in [-0.2, -0.15) is 5.10 Å². The van der Waals surface area contributed by atoms with Gasteiger partial charge < -0.3 is 10.1 Å². The lowest BCUT2D eigenvalue weighted by molar-refractivity contribution is 0.0734. The third kappa shape index (κ3) is 4.33. The average molecular weight is 385 g/mol. The highest BCUT2D eigenvalue weighted by Gasteiger charge is 2.11. The zero-order chi connectivity index (χ0) is 20.1. The topological polar surface area (TPSA) is 99.0 Å². The Balaban J connectivity index is 1.42. The summed E-state index contributed by atoms with van der Waals surface area (Å²) in [5.74, 6) is 0.0605. The number of pyridine rings is 1. The molecule has 29 heavy (non-hydrogen) atoms. The van der Waals surface area contributed by atoms with Crippen LogP contribution >= 0.6 is 0 Å². The van der Waals surface area contributed by atoms with Crippen molar-refractivity contribution in [3.8, 4) is 11.6 Å². The van der Waals surface area contributed by atoms with Crippen molar-refractivity contribution in [1.29, 1.82) is 0 Å². The second-order valence-electron chi connectivity index (χ2n) is 5.98. The maximum Gasteiger partial charge on any atom is 0.343 e. The van der Waals surface area contributed by atoms with E-state index in [-0.39, 0.29) is 5.91 Å². The molecule has 0 fully saturated rings. The van der Waals surface area contributed by atoms with Gasteiger partial charge in [-0.25, -0.2) is 19.4 Å². The molecule has 0 radical (unpaired) electrons. The highest BCUT2D eigenvalue weighted by Crippen LogP contribution is 2.18. The molecule has 0 unspecified atom stereocenters. The van der Waals surface area contributed by atoms with Crippen LogP contribution in [0.4, 0.5) is 5.69 Å². The molecule has 8 heteroatoms. The number of nitrogens with one attached hydrogen (secondary N) is 1. The summed E-state index contributed by atoms with van der Waals surface area (Å²) in [6.07, 6.45) is 4.36. The summed E-state index contributed by atoms with van der Waals surface area (Å²) >= 11 is 0. The first-order valence-electron chi connectivity index (χ1n) is 8.69. The summed E-state index contributed by atoms with van der Waals surface area (Å²) < 4.78 is 6.84. The molecule has 0 saturated carbocycles. The van der Waals surface area contributed by atoms with Crippen LogP contribution in [-0.2, 0) is 0 Å². The van der Waals surface area contributed by atoms with Gasteiger partial charge in [0.2, 0.25) is 0 Å². The number of ether oxygens (including phenoxy) is 1. The molecule has 2 aromatic carbocycles. The fourth-order valence-corrected chi connectivity index (χ4v) is 2.56. The van der Waals surface area contributed by atoms with Crippen LogP contribution < -0.4 is 10.1 Å². The fraction of sp³-hybridized carbons (Fsp3) is 0. The van der Waals surface area contributed by atoms with Gasteiger partial charge >= 0.3 is 5.97 Å². The van der Waals surface area contributed by atoms with E-state index < -0.39 is 5.97 Å². The van der Waals surface area contributed by atoms with Gasteiger partial charge in [0.1, 0.15) is 18.4 Å². The quantitative estimate of drug-likeness (QED) is 0.419. The molecule has 8 nitrogen and oxygen atoms in total. The van der Waals surface area contributed by atoms with Crippen LogP contribution in [0.15, 0.2) is 85.6 Å². The van der Waals surface area contributed by atoms with Gasteiger partial charge in [0.25, 0.3) is 5.91 Å². The van der Waals surface area contributed by atoms with Crippen molar-refractivity contribution < 1.29 is 14.3 Å². The molecule has 2 heterocycles. The first kappa shape index (κ1) is 18.1. The molecule has 4 aromatic rings. The van der Waals surface area contributed by atoms with E-state index in [1.807, 2.05) is 6.07 Å². The molecule has 0 bridgehead atoms. The lowest BCUT2D eigenvalue weighted by Gasteiger charge is -2.08. The van der Waals surface area contributed by atoms with Gasteiger partial charge in [-0.1, -0.05) is 18.2 Å². The van der Waals surface area contributed by atoms with Crippen LogP contribution in [-0.4, -0.2) is 31.6 Å². The summed E-state index contributed by atoms with van der Waals surface area (Å²) in [5, 5.41) is 6.77. The Hall–Kier alpha value is -4.33. The molecule has 2 aromatic heterocycles. The van der Waals surface area contributed by atoms with Crippen LogP contribution in [0, 0.1) is 0 Å². The van der Waals surface area contributed by atoms with Crippen LogP contribution in [0.1, 0.15) is 20.7 Å². The van der Waals surface area contributed by atoms with Crippen LogP contribution in [0.25, 0.3) is 5.82 Å². The van der Waals surface area contributed by atoms with E-state index in [2.05, 4.69) is 20.4 Å². The monoisotopic (exact) mass is 385 g/mol. The molecule has 0 aliphatic heterocycles. The minimum Gasteiger partial charge on any atom is -0.423 e. The van der Waals surface area contributed by atoms with Crippen LogP contribution in [0.2, 0.25) is 0 Å². The Morgan fingerprint density at radius 2 is 1.72 bits per heavy atom. The number of benzene rings is 2. The third-order valence-corrected chi connectivity index (χ3v) is 3.99. The number of esters is 1. The summed E-state index contributed by atoms with van der Waals surface area (Å²) in [6.45, 7) is 0. The number of carbonyl (C=O) groups is 2. The highest BCUT2D eigenvalue weighted by molar-refractivity contribution is 6.04. The Kier molecular flexibility index (Phi) is 5.06. The first-order valence-corrected chi connectivity index (χ1v) is 8.69. The van der Waals surface area contributed by atoms with Crippen molar-refractivity contribution in [2.45, 2.75) is 0 Å². The van der Waals surface area contributed by atoms with E-state index in [0.717, 1.165) is 0 Å². The van der Waals surface area contributed by atoms with E-state index >= 15 is 0 Å². The Morgan fingerprint density at radius 3 is 2.45 bits per heavy atom. The van der Waals surface area contributed by atoms with Gasteiger partial charge in [0, 0.05) is 17.4 Å². The maximum absolute atomic E-state index is 12.4. The van der Waals surface area contributed by atoms with E-state index in [0.29, 0.717) is 28.4 Å². The molecule has 0 aliphatic rings. The minimum atomic E-state index is -0.533.